The average Bonchev–Trinajstić information content (AvgIpc) is 2.61. The highest BCUT2D eigenvalue weighted by molar-refractivity contribution is 6.12. The van der Waals surface area contributed by atoms with Gasteiger partial charge in [-0.15, -0.1) is 0 Å². The number of imide groups is 1. The van der Waals surface area contributed by atoms with Crippen molar-refractivity contribution in [1.82, 2.24) is 4.90 Å². The number of hydrogen-bond donors (Lipinski definition) is 1. The van der Waals surface area contributed by atoms with Crippen LogP contribution in [0.3, 0.4) is 0 Å². The van der Waals surface area contributed by atoms with Crippen molar-refractivity contribution in [3.05, 3.63) is 12.2 Å². The minimum Gasteiger partial charge on any atom is -0.369 e. The normalized spacial score (nSPS) is 28.8. The lowest BCUT2D eigenvalue weighted by Gasteiger charge is -2.29. The van der Waals surface area contributed by atoms with Crippen LogP contribution in [0.2, 0.25) is 0 Å². The molecular weight excluding hydrogens is 220 g/mol. The standard InChI is InChI=1S/C12H16N2O3/c13-12(17)9-3-1-8(2-4-9)7-14-10(15)5-6-11(14)16/h5-6,8-9H,1-4,7H2,(H2,13,17). The van der Waals surface area contributed by atoms with Gasteiger partial charge in [0.05, 0.1) is 0 Å². The molecule has 1 heterocycles. The zero-order valence-corrected chi connectivity index (χ0v) is 9.59. The van der Waals surface area contributed by atoms with Gasteiger partial charge in [0.2, 0.25) is 5.91 Å². The van der Waals surface area contributed by atoms with Crippen LogP contribution in [-0.4, -0.2) is 29.2 Å². The second kappa shape index (κ2) is 4.69. The number of amides is 3. The molecule has 3 amide bonds. The van der Waals surface area contributed by atoms with E-state index in [4.69, 9.17) is 5.73 Å². The zero-order valence-electron chi connectivity index (χ0n) is 9.59. The van der Waals surface area contributed by atoms with Crippen LogP contribution in [0.4, 0.5) is 0 Å². The molecule has 0 radical (unpaired) electrons. The molecule has 0 bridgehead atoms. The largest absolute Gasteiger partial charge is 0.369 e. The quantitative estimate of drug-likeness (QED) is 0.711. The smallest absolute Gasteiger partial charge is 0.253 e. The average molecular weight is 236 g/mol. The Morgan fingerprint density at radius 2 is 1.71 bits per heavy atom. The first-order valence-electron chi connectivity index (χ1n) is 5.91. The molecule has 92 valence electrons. The van der Waals surface area contributed by atoms with Gasteiger partial charge >= 0.3 is 0 Å². The predicted octanol–water partition coefficient (Wildman–Crippen LogP) is 0.203. The first-order chi connectivity index (χ1) is 8.08. The van der Waals surface area contributed by atoms with E-state index >= 15 is 0 Å². The number of hydrogen-bond acceptors (Lipinski definition) is 3. The Morgan fingerprint density at radius 3 is 2.18 bits per heavy atom. The van der Waals surface area contributed by atoms with Crippen LogP contribution in [0.15, 0.2) is 12.2 Å². The summed E-state index contributed by atoms with van der Waals surface area (Å²) in [5, 5.41) is 0. The van der Waals surface area contributed by atoms with Crippen LogP contribution in [0.5, 0.6) is 0 Å². The van der Waals surface area contributed by atoms with Gasteiger partial charge in [0, 0.05) is 24.6 Å². The number of nitrogens with two attached hydrogens (primary N) is 1. The van der Waals surface area contributed by atoms with Crippen molar-refractivity contribution in [2.24, 2.45) is 17.6 Å². The molecule has 0 saturated heterocycles. The summed E-state index contributed by atoms with van der Waals surface area (Å²) in [5.74, 6) is -0.426. The van der Waals surface area contributed by atoms with Crippen LogP contribution < -0.4 is 5.73 Å². The fourth-order valence-electron chi connectivity index (χ4n) is 2.50. The van der Waals surface area contributed by atoms with Gasteiger partial charge < -0.3 is 5.73 Å². The fraction of sp³-hybridized carbons (Fsp3) is 0.583. The molecule has 1 saturated carbocycles. The second-order valence-electron chi connectivity index (χ2n) is 4.74. The molecule has 0 aromatic carbocycles. The number of nitrogens with zero attached hydrogens (tertiary/aromatic N) is 1. The Balaban J connectivity index is 1.84. The van der Waals surface area contributed by atoms with E-state index in [2.05, 4.69) is 0 Å². The molecular formula is C12H16N2O3. The second-order valence-corrected chi connectivity index (χ2v) is 4.74. The topological polar surface area (TPSA) is 80.5 Å². The Bertz CT molecular complexity index is 363. The molecule has 17 heavy (non-hydrogen) atoms. The van der Waals surface area contributed by atoms with Crippen molar-refractivity contribution in [2.75, 3.05) is 6.54 Å². The van der Waals surface area contributed by atoms with Gasteiger partial charge in [0.25, 0.3) is 11.8 Å². The highest BCUT2D eigenvalue weighted by Crippen LogP contribution is 2.29. The third-order valence-corrected chi connectivity index (χ3v) is 3.59. The lowest BCUT2D eigenvalue weighted by Crippen LogP contribution is -2.37. The van der Waals surface area contributed by atoms with E-state index in [0.717, 1.165) is 25.7 Å². The Kier molecular flexibility index (Phi) is 3.26. The molecule has 0 aromatic heterocycles. The van der Waals surface area contributed by atoms with Crippen molar-refractivity contribution in [2.45, 2.75) is 25.7 Å². The van der Waals surface area contributed by atoms with E-state index < -0.39 is 0 Å². The summed E-state index contributed by atoms with van der Waals surface area (Å²) in [6.45, 7) is 0.468. The summed E-state index contributed by atoms with van der Waals surface area (Å²) in [6.07, 6.45) is 5.84. The number of rotatable bonds is 3. The van der Waals surface area contributed by atoms with Gasteiger partial charge in [-0.05, 0) is 31.6 Å². The first kappa shape index (κ1) is 11.8. The predicted molar refractivity (Wildman–Crippen MR) is 60.5 cm³/mol. The SMILES string of the molecule is NC(=O)C1CCC(CN2C(=O)C=CC2=O)CC1. The molecule has 0 spiro atoms. The van der Waals surface area contributed by atoms with Gasteiger partial charge in [-0.1, -0.05) is 0 Å². The molecule has 0 aromatic rings. The van der Waals surface area contributed by atoms with Crippen molar-refractivity contribution < 1.29 is 14.4 Å². The van der Waals surface area contributed by atoms with E-state index in [1.165, 1.54) is 17.1 Å². The van der Waals surface area contributed by atoms with E-state index in [-0.39, 0.29) is 23.6 Å². The highest BCUT2D eigenvalue weighted by Gasteiger charge is 2.30. The van der Waals surface area contributed by atoms with Crippen molar-refractivity contribution in [3.63, 3.8) is 0 Å². The van der Waals surface area contributed by atoms with Crippen molar-refractivity contribution in [3.8, 4) is 0 Å². The molecule has 1 fully saturated rings. The molecule has 5 heteroatoms. The number of primary amides is 1. The van der Waals surface area contributed by atoms with Crippen LogP contribution in [0.25, 0.3) is 0 Å². The minimum absolute atomic E-state index is 0.0330. The molecule has 0 unspecified atom stereocenters. The van der Waals surface area contributed by atoms with Crippen molar-refractivity contribution >= 4 is 17.7 Å². The molecule has 2 aliphatic rings. The summed E-state index contributed by atoms with van der Waals surface area (Å²) in [7, 11) is 0. The lowest BCUT2D eigenvalue weighted by atomic mass is 9.81. The maximum Gasteiger partial charge on any atom is 0.253 e. The van der Waals surface area contributed by atoms with Crippen molar-refractivity contribution in [1.29, 1.82) is 0 Å². The Labute approximate surface area is 99.6 Å². The van der Waals surface area contributed by atoms with Gasteiger partial charge in [0.15, 0.2) is 0 Å². The van der Waals surface area contributed by atoms with Gasteiger partial charge in [-0.2, -0.15) is 0 Å². The Morgan fingerprint density at radius 1 is 1.18 bits per heavy atom. The Hall–Kier alpha value is -1.65. The third kappa shape index (κ3) is 2.54. The highest BCUT2D eigenvalue weighted by atomic mass is 16.2. The van der Waals surface area contributed by atoms with Gasteiger partial charge in [0.1, 0.15) is 0 Å². The monoisotopic (exact) mass is 236 g/mol. The maximum atomic E-state index is 11.4. The summed E-state index contributed by atoms with van der Waals surface area (Å²) >= 11 is 0. The minimum atomic E-state index is -0.238. The van der Waals surface area contributed by atoms with E-state index in [9.17, 15) is 14.4 Å². The van der Waals surface area contributed by atoms with Crippen LogP contribution in [-0.2, 0) is 14.4 Å². The van der Waals surface area contributed by atoms with E-state index in [0.29, 0.717) is 12.5 Å². The molecule has 0 atom stereocenters. The van der Waals surface area contributed by atoms with Crippen LogP contribution >= 0.6 is 0 Å². The van der Waals surface area contributed by atoms with E-state index in [1.807, 2.05) is 0 Å². The first-order valence-corrected chi connectivity index (χ1v) is 5.91. The lowest BCUT2D eigenvalue weighted by molar-refractivity contribution is -0.138. The molecule has 1 aliphatic carbocycles. The molecule has 5 nitrogen and oxygen atoms in total. The molecule has 1 aliphatic heterocycles. The van der Waals surface area contributed by atoms with Gasteiger partial charge in [-0.3, -0.25) is 19.3 Å². The summed E-state index contributed by atoms with van der Waals surface area (Å²) in [4.78, 5) is 35.0. The fourth-order valence-corrected chi connectivity index (χ4v) is 2.50. The van der Waals surface area contributed by atoms with Crippen LogP contribution in [0, 0.1) is 11.8 Å². The van der Waals surface area contributed by atoms with E-state index in [1.54, 1.807) is 0 Å². The molecule has 2 N–H and O–H groups in total. The summed E-state index contributed by atoms with van der Waals surface area (Å²) in [5.41, 5.74) is 5.25. The summed E-state index contributed by atoms with van der Waals surface area (Å²) in [6, 6.07) is 0. The third-order valence-electron chi connectivity index (χ3n) is 3.59. The zero-order chi connectivity index (χ0) is 12.4. The van der Waals surface area contributed by atoms with Crippen LogP contribution in [0.1, 0.15) is 25.7 Å². The van der Waals surface area contributed by atoms with Gasteiger partial charge in [-0.25, -0.2) is 0 Å². The summed E-state index contributed by atoms with van der Waals surface area (Å²) < 4.78 is 0. The number of carbonyl (C=O) groups excluding carboxylic acids is 3. The number of carbonyl (C=O) groups is 3. The molecule has 2 rings (SSSR count). The maximum absolute atomic E-state index is 11.4.